The summed E-state index contributed by atoms with van der Waals surface area (Å²) in [6, 6.07) is 94.1. The Kier molecular flexibility index (Phi) is 11.0. The molecule has 15 rings (SSSR count). The number of halogens is 2. The maximum Gasteiger partial charge on any atom is 0.147 e. The normalized spacial score (nSPS) is 12.5. The lowest BCUT2D eigenvalue weighted by atomic mass is 9.67. The highest BCUT2D eigenvalue weighted by Gasteiger charge is 2.50. The van der Waals surface area contributed by atoms with Crippen LogP contribution in [0.4, 0.5) is 42.9 Å². The number of hydrogen-bond acceptors (Lipinski definition) is 4. The molecule has 0 radical (unpaired) electrons. The van der Waals surface area contributed by atoms with Gasteiger partial charge in [-0.25, -0.2) is 8.78 Å². The summed E-state index contributed by atoms with van der Waals surface area (Å²) >= 11 is 1.75. The number of benzene rings is 12. The van der Waals surface area contributed by atoms with Gasteiger partial charge in [0.2, 0.25) is 0 Å². The van der Waals surface area contributed by atoms with Crippen LogP contribution < -0.4 is 9.80 Å². The quantitative estimate of drug-likeness (QED) is 0.136. The molecule has 0 aliphatic heterocycles. The van der Waals surface area contributed by atoms with Gasteiger partial charge in [-0.15, -0.1) is 11.3 Å². The van der Waals surface area contributed by atoms with E-state index in [9.17, 15) is 0 Å². The van der Waals surface area contributed by atoms with Crippen molar-refractivity contribution in [1.82, 2.24) is 0 Å². The SMILES string of the molecule is Fc1cc(-c2ccccc2)ccc1N(c1ccccc1)c1cc2c(c3oc4ccccc4c13)-c1c(cc(N(c3ccccc3)c3ccc(-c4ccccc4)cc3F)c3c1sc1ccccc13)C2(c1ccccc1)c1ccccc1. The molecule has 0 atom stereocenters. The van der Waals surface area contributed by atoms with Crippen LogP contribution in [0.5, 0.6) is 0 Å². The first-order valence-electron chi connectivity index (χ1n) is 26.5. The van der Waals surface area contributed by atoms with Crippen molar-refractivity contribution in [2.45, 2.75) is 5.41 Å². The molecule has 2 heterocycles. The minimum Gasteiger partial charge on any atom is -0.455 e. The predicted octanol–water partition coefficient (Wildman–Crippen LogP) is 20.9. The van der Waals surface area contributed by atoms with Gasteiger partial charge in [-0.3, -0.25) is 0 Å². The van der Waals surface area contributed by atoms with Crippen molar-refractivity contribution < 1.29 is 13.2 Å². The van der Waals surface area contributed by atoms with Crippen LogP contribution >= 0.6 is 11.3 Å². The van der Waals surface area contributed by atoms with Gasteiger partial charge in [-0.05, 0) is 117 Å². The second-order valence-corrected chi connectivity index (χ2v) is 21.2. The summed E-state index contributed by atoms with van der Waals surface area (Å²) in [5.41, 5.74) is 13.9. The Bertz CT molecular complexity index is 4320. The van der Waals surface area contributed by atoms with Gasteiger partial charge in [0.15, 0.2) is 0 Å². The Morgan fingerprint density at radius 2 is 0.785 bits per heavy atom. The predicted molar refractivity (Wildman–Crippen MR) is 324 cm³/mol. The Labute approximate surface area is 459 Å². The third-order valence-corrected chi connectivity index (χ3v) is 17.0. The number of hydrogen-bond donors (Lipinski definition) is 0. The summed E-state index contributed by atoms with van der Waals surface area (Å²) in [4.78, 5) is 4.18. The molecule has 14 aromatic rings. The second-order valence-electron chi connectivity index (χ2n) is 20.1. The van der Waals surface area contributed by atoms with Crippen molar-refractivity contribution >= 4 is 87.6 Å². The average Bonchev–Trinajstić information content (AvgIpc) is 3.76. The van der Waals surface area contributed by atoms with Crippen LogP contribution in [-0.4, -0.2) is 0 Å². The maximum absolute atomic E-state index is 17.7. The smallest absolute Gasteiger partial charge is 0.147 e. The lowest BCUT2D eigenvalue weighted by Gasteiger charge is -2.36. The lowest BCUT2D eigenvalue weighted by Crippen LogP contribution is -2.29. The van der Waals surface area contributed by atoms with Gasteiger partial charge >= 0.3 is 0 Å². The molecule has 0 bridgehead atoms. The topological polar surface area (TPSA) is 19.6 Å². The van der Waals surface area contributed by atoms with Gasteiger partial charge in [-0.2, -0.15) is 0 Å². The van der Waals surface area contributed by atoms with Crippen molar-refractivity contribution in [1.29, 1.82) is 0 Å². The Morgan fingerprint density at radius 3 is 1.30 bits per heavy atom. The first-order chi connectivity index (χ1) is 39.0. The van der Waals surface area contributed by atoms with Crippen molar-refractivity contribution in [3.8, 4) is 33.4 Å². The first-order valence-corrected chi connectivity index (χ1v) is 27.4. The number of furan rings is 1. The molecule has 12 aromatic carbocycles. The van der Waals surface area contributed by atoms with Gasteiger partial charge < -0.3 is 14.2 Å². The molecular formula is C73H46F2N2OS. The van der Waals surface area contributed by atoms with Crippen LogP contribution in [0.15, 0.2) is 283 Å². The summed E-state index contributed by atoms with van der Waals surface area (Å²) < 4.78 is 44.9. The van der Waals surface area contributed by atoms with Gasteiger partial charge in [0.05, 0.1) is 33.6 Å². The average molecular weight is 1040 g/mol. The lowest BCUT2D eigenvalue weighted by molar-refractivity contribution is 0.629. The van der Waals surface area contributed by atoms with Gasteiger partial charge in [0, 0.05) is 48.1 Å². The summed E-state index contributed by atoms with van der Waals surface area (Å²) in [7, 11) is 0. The largest absolute Gasteiger partial charge is 0.455 e. The van der Waals surface area contributed by atoms with E-state index in [2.05, 4.69) is 125 Å². The number of thiophene rings is 1. The Balaban J connectivity index is 1.11. The van der Waals surface area contributed by atoms with Crippen molar-refractivity contribution in [2.24, 2.45) is 0 Å². The highest BCUT2D eigenvalue weighted by atomic mass is 32.1. The van der Waals surface area contributed by atoms with Gasteiger partial charge in [0.25, 0.3) is 0 Å². The summed E-state index contributed by atoms with van der Waals surface area (Å²) in [6.45, 7) is 0. The number of anilines is 6. The standard InChI is InChI=1S/C73H46F2N2OS/c74-59-43-49(47-23-7-1-8-24-47)39-41-61(59)76(53-31-15-5-16-32-53)63-45-57-69(71-67(63)55-35-19-21-37-65(55)78-71)70-58(73(57,51-27-11-3-12-28-51)52-29-13-4-14-30-52)46-64(68-56-36-20-22-38-66(56)79-72(68)70)77(54-33-17-6-18-34-54)62-42-40-50(44-60(62)75)48-25-9-2-10-26-48/h1-46H. The molecule has 0 amide bonds. The maximum atomic E-state index is 17.7. The monoisotopic (exact) mass is 1040 g/mol. The fraction of sp³-hybridized carbons (Fsp3) is 0.0137. The van der Waals surface area contributed by atoms with E-state index >= 15 is 8.78 Å². The van der Waals surface area contributed by atoms with Crippen molar-refractivity contribution in [3.05, 3.63) is 313 Å². The number of rotatable bonds is 10. The fourth-order valence-electron chi connectivity index (χ4n) is 12.5. The van der Waals surface area contributed by atoms with Crippen LogP contribution in [-0.2, 0) is 5.41 Å². The zero-order valence-electron chi connectivity index (χ0n) is 42.5. The minimum atomic E-state index is -1.02. The van der Waals surface area contributed by atoms with E-state index in [1.54, 1.807) is 23.5 Å². The molecule has 2 aromatic heterocycles. The minimum absolute atomic E-state index is 0.349. The van der Waals surface area contributed by atoms with Crippen LogP contribution in [0.2, 0.25) is 0 Å². The Hall–Kier alpha value is -9.88. The molecule has 3 nitrogen and oxygen atoms in total. The molecule has 0 spiro atoms. The zero-order chi connectivity index (χ0) is 52.6. The van der Waals surface area contributed by atoms with Crippen LogP contribution in [0, 0.1) is 11.6 Å². The third kappa shape index (κ3) is 7.29. The van der Waals surface area contributed by atoms with Crippen LogP contribution in [0.3, 0.4) is 0 Å². The van der Waals surface area contributed by atoms with E-state index in [1.807, 2.05) is 152 Å². The first kappa shape index (κ1) is 46.4. The highest BCUT2D eigenvalue weighted by Crippen LogP contribution is 2.65. The third-order valence-electron chi connectivity index (χ3n) is 15.8. The van der Waals surface area contributed by atoms with Crippen LogP contribution in [0.25, 0.3) is 75.5 Å². The highest BCUT2D eigenvalue weighted by molar-refractivity contribution is 7.26. The second kappa shape index (κ2) is 18.7. The Morgan fingerprint density at radius 1 is 0.354 bits per heavy atom. The molecule has 1 aliphatic carbocycles. The summed E-state index contributed by atoms with van der Waals surface area (Å²) in [5.74, 6) is -0.716. The van der Waals surface area contributed by atoms with Crippen molar-refractivity contribution in [2.75, 3.05) is 9.80 Å². The van der Waals surface area contributed by atoms with Crippen LogP contribution in [0.1, 0.15) is 22.3 Å². The number of fused-ring (bicyclic) bond motifs is 11. The molecule has 0 fully saturated rings. The number of para-hydroxylation sites is 3. The number of nitrogens with zero attached hydrogens (tertiary/aromatic N) is 2. The van der Waals surface area contributed by atoms with E-state index in [-0.39, 0.29) is 11.6 Å². The molecule has 0 N–H and O–H groups in total. The zero-order valence-corrected chi connectivity index (χ0v) is 43.3. The molecule has 0 unspecified atom stereocenters. The molecule has 1 aliphatic rings. The fourth-order valence-corrected chi connectivity index (χ4v) is 13.8. The van der Waals surface area contributed by atoms with E-state index in [0.717, 1.165) is 109 Å². The van der Waals surface area contributed by atoms with Gasteiger partial charge in [0.1, 0.15) is 22.8 Å². The summed E-state index contributed by atoms with van der Waals surface area (Å²) in [6.07, 6.45) is 0. The van der Waals surface area contributed by atoms with E-state index in [0.29, 0.717) is 22.5 Å². The summed E-state index contributed by atoms with van der Waals surface area (Å²) in [5, 5.41) is 3.82. The molecule has 0 saturated carbocycles. The molecule has 79 heavy (non-hydrogen) atoms. The molecule has 6 heteroatoms. The van der Waals surface area contributed by atoms with E-state index in [1.165, 1.54) is 0 Å². The van der Waals surface area contributed by atoms with Gasteiger partial charge in [-0.1, -0.05) is 206 Å². The molecule has 374 valence electrons. The van der Waals surface area contributed by atoms with E-state index < -0.39 is 5.41 Å². The molecule has 0 saturated heterocycles. The van der Waals surface area contributed by atoms with Crippen molar-refractivity contribution in [3.63, 3.8) is 0 Å². The van der Waals surface area contributed by atoms with E-state index in [4.69, 9.17) is 4.42 Å². The molecular weight excluding hydrogens is 991 g/mol.